The summed E-state index contributed by atoms with van der Waals surface area (Å²) < 4.78 is 1.52. The minimum absolute atomic E-state index is 0.0389. The second-order valence-electron chi connectivity index (χ2n) is 5.50. The molecule has 1 aromatic heterocycles. The number of rotatable bonds is 4. The van der Waals surface area contributed by atoms with Crippen LogP contribution < -0.4 is 10.2 Å². The van der Waals surface area contributed by atoms with Gasteiger partial charge in [0.1, 0.15) is 6.54 Å². The first-order valence-electron chi connectivity index (χ1n) is 7.10. The van der Waals surface area contributed by atoms with E-state index in [9.17, 15) is 14.7 Å². The van der Waals surface area contributed by atoms with Gasteiger partial charge in [0.05, 0.1) is 0 Å². The molecule has 112 valence electrons. The number of aromatic nitrogens is 1. The Morgan fingerprint density at radius 3 is 2.70 bits per heavy atom. The lowest BCUT2D eigenvalue weighted by molar-refractivity contribution is -0.123. The molecular weight excluding hydrogens is 276 g/mol. The third-order valence-corrected chi connectivity index (χ3v) is 5.16. The van der Waals surface area contributed by atoms with Crippen molar-refractivity contribution in [1.82, 2.24) is 9.88 Å². The zero-order chi connectivity index (χ0) is 14.7. The van der Waals surface area contributed by atoms with Gasteiger partial charge in [-0.3, -0.25) is 14.2 Å². The zero-order valence-electron chi connectivity index (χ0n) is 12.0. The largest absolute Gasteiger partial charge is 0.396 e. The number of aryl methyl sites for hydroxylation is 1. The van der Waals surface area contributed by atoms with Gasteiger partial charge < -0.3 is 10.4 Å². The van der Waals surface area contributed by atoms with Crippen molar-refractivity contribution in [3.05, 3.63) is 20.2 Å². The minimum atomic E-state index is -0.140. The number of aliphatic hydroxyl groups is 1. The lowest BCUT2D eigenvalue weighted by Gasteiger charge is -2.30. The van der Waals surface area contributed by atoms with Gasteiger partial charge in [0.25, 0.3) is 0 Å². The SMILES string of the molecule is Cc1sc(=O)n(CC(=O)NC2CCCCC2CO)c1C. The summed E-state index contributed by atoms with van der Waals surface area (Å²) >= 11 is 1.18. The Labute approximate surface area is 122 Å². The first-order chi connectivity index (χ1) is 9.52. The molecule has 0 aromatic carbocycles. The number of carbonyl (C=O) groups excluding carboxylic acids is 1. The van der Waals surface area contributed by atoms with Gasteiger partial charge in [-0.2, -0.15) is 0 Å². The van der Waals surface area contributed by atoms with Crippen LogP contribution in [0.2, 0.25) is 0 Å². The van der Waals surface area contributed by atoms with Gasteiger partial charge in [-0.05, 0) is 26.7 Å². The molecule has 2 unspecified atom stereocenters. The van der Waals surface area contributed by atoms with Crippen molar-refractivity contribution >= 4 is 17.2 Å². The molecule has 1 saturated carbocycles. The fourth-order valence-electron chi connectivity index (χ4n) is 2.78. The van der Waals surface area contributed by atoms with Crippen LogP contribution in [0.3, 0.4) is 0 Å². The average Bonchev–Trinajstić information content (AvgIpc) is 2.66. The molecule has 5 nitrogen and oxygen atoms in total. The highest BCUT2D eigenvalue weighted by Crippen LogP contribution is 2.23. The molecule has 20 heavy (non-hydrogen) atoms. The molecule has 0 aliphatic heterocycles. The van der Waals surface area contributed by atoms with Crippen LogP contribution in [0.5, 0.6) is 0 Å². The van der Waals surface area contributed by atoms with E-state index in [0.717, 1.165) is 36.3 Å². The smallest absolute Gasteiger partial charge is 0.308 e. The molecule has 1 heterocycles. The standard InChI is InChI=1S/C14H22N2O3S/c1-9-10(2)20-14(19)16(9)7-13(18)15-12-6-4-3-5-11(12)8-17/h11-12,17H,3-8H2,1-2H3,(H,15,18). The summed E-state index contributed by atoms with van der Waals surface area (Å²) in [6.45, 7) is 3.93. The lowest BCUT2D eigenvalue weighted by Crippen LogP contribution is -2.45. The summed E-state index contributed by atoms with van der Waals surface area (Å²) in [6.07, 6.45) is 4.06. The van der Waals surface area contributed by atoms with E-state index in [0.29, 0.717) is 0 Å². The fourth-order valence-corrected chi connectivity index (χ4v) is 3.61. The Hall–Kier alpha value is -1.14. The van der Waals surface area contributed by atoms with Crippen molar-refractivity contribution in [3.63, 3.8) is 0 Å². The number of carbonyl (C=O) groups is 1. The number of thiazole rings is 1. The summed E-state index contributed by atoms with van der Waals surface area (Å²) in [6, 6.07) is 0.0389. The maximum atomic E-state index is 12.1. The number of hydrogen-bond donors (Lipinski definition) is 2. The summed E-state index contributed by atoms with van der Waals surface area (Å²) in [7, 11) is 0. The van der Waals surface area contributed by atoms with Gasteiger partial charge in [-0.25, -0.2) is 0 Å². The first-order valence-corrected chi connectivity index (χ1v) is 7.91. The number of nitrogens with zero attached hydrogens (tertiary/aromatic N) is 1. The maximum absolute atomic E-state index is 12.1. The van der Waals surface area contributed by atoms with Gasteiger partial charge in [-0.15, -0.1) is 0 Å². The molecule has 0 saturated heterocycles. The van der Waals surface area contributed by atoms with Crippen LogP contribution in [0, 0.1) is 19.8 Å². The minimum Gasteiger partial charge on any atom is -0.396 e. The summed E-state index contributed by atoms with van der Waals surface area (Å²) in [5.41, 5.74) is 0.859. The van der Waals surface area contributed by atoms with Crippen LogP contribution in [0.25, 0.3) is 0 Å². The molecule has 0 bridgehead atoms. The van der Waals surface area contributed by atoms with Crippen molar-refractivity contribution in [2.24, 2.45) is 5.92 Å². The number of aliphatic hydroxyl groups excluding tert-OH is 1. The third kappa shape index (κ3) is 3.30. The molecule has 1 aliphatic carbocycles. The van der Waals surface area contributed by atoms with Crippen LogP contribution in [0.4, 0.5) is 0 Å². The van der Waals surface area contributed by atoms with Gasteiger partial charge in [0, 0.05) is 29.1 Å². The maximum Gasteiger partial charge on any atom is 0.308 e. The van der Waals surface area contributed by atoms with E-state index < -0.39 is 0 Å². The van der Waals surface area contributed by atoms with Crippen LogP contribution >= 0.6 is 11.3 Å². The Morgan fingerprint density at radius 2 is 2.10 bits per heavy atom. The van der Waals surface area contributed by atoms with Crippen molar-refractivity contribution in [2.75, 3.05) is 6.61 Å². The topological polar surface area (TPSA) is 71.3 Å². The van der Waals surface area contributed by atoms with E-state index in [1.54, 1.807) is 0 Å². The van der Waals surface area contributed by atoms with Crippen molar-refractivity contribution < 1.29 is 9.90 Å². The van der Waals surface area contributed by atoms with E-state index in [1.807, 2.05) is 13.8 Å². The Bertz CT molecular complexity index is 535. The molecule has 2 atom stereocenters. The molecular formula is C14H22N2O3S. The monoisotopic (exact) mass is 298 g/mol. The molecule has 0 radical (unpaired) electrons. The summed E-state index contributed by atoms with van der Waals surface area (Å²) in [4.78, 5) is 24.7. The van der Waals surface area contributed by atoms with E-state index in [4.69, 9.17) is 0 Å². The lowest BCUT2D eigenvalue weighted by atomic mass is 9.85. The Balaban J connectivity index is 2.00. The molecule has 1 aliphatic rings. The third-order valence-electron chi connectivity index (χ3n) is 4.17. The van der Waals surface area contributed by atoms with Gasteiger partial charge in [0.15, 0.2) is 0 Å². The van der Waals surface area contributed by atoms with Crippen molar-refractivity contribution in [2.45, 2.75) is 52.1 Å². The molecule has 1 fully saturated rings. The molecule has 0 spiro atoms. The highest BCUT2D eigenvalue weighted by Gasteiger charge is 2.26. The first kappa shape index (κ1) is 15.3. The van der Waals surface area contributed by atoms with Crippen LogP contribution in [0.15, 0.2) is 4.79 Å². The van der Waals surface area contributed by atoms with E-state index in [1.165, 1.54) is 15.9 Å². The quantitative estimate of drug-likeness (QED) is 0.877. The molecule has 6 heteroatoms. The molecule has 1 amide bonds. The van der Waals surface area contributed by atoms with E-state index in [-0.39, 0.29) is 35.9 Å². The van der Waals surface area contributed by atoms with E-state index >= 15 is 0 Å². The summed E-state index contributed by atoms with van der Waals surface area (Å²) in [5, 5.41) is 12.3. The van der Waals surface area contributed by atoms with E-state index in [2.05, 4.69) is 5.32 Å². The highest BCUT2D eigenvalue weighted by atomic mass is 32.1. The normalized spacial score (nSPS) is 22.8. The van der Waals surface area contributed by atoms with Crippen molar-refractivity contribution in [3.8, 4) is 0 Å². The number of hydrogen-bond acceptors (Lipinski definition) is 4. The number of nitrogens with one attached hydrogen (secondary N) is 1. The fraction of sp³-hybridized carbons (Fsp3) is 0.714. The van der Waals surface area contributed by atoms with Crippen LogP contribution in [-0.4, -0.2) is 28.2 Å². The van der Waals surface area contributed by atoms with Crippen LogP contribution in [-0.2, 0) is 11.3 Å². The number of amides is 1. The van der Waals surface area contributed by atoms with Crippen molar-refractivity contribution in [1.29, 1.82) is 0 Å². The second kappa shape index (κ2) is 6.54. The predicted octanol–water partition coefficient (Wildman–Crippen LogP) is 1.19. The van der Waals surface area contributed by atoms with Gasteiger partial charge in [-0.1, -0.05) is 24.2 Å². The highest BCUT2D eigenvalue weighted by molar-refractivity contribution is 7.09. The average molecular weight is 298 g/mol. The molecule has 2 N–H and O–H groups in total. The predicted molar refractivity (Wildman–Crippen MR) is 79.0 cm³/mol. The summed E-state index contributed by atoms with van der Waals surface area (Å²) in [5.74, 6) is 0.00748. The Morgan fingerprint density at radius 1 is 1.40 bits per heavy atom. The van der Waals surface area contributed by atoms with Gasteiger partial charge in [0.2, 0.25) is 5.91 Å². The zero-order valence-corrected chi connectivity index (χ0v) is 12.8. The molecule has 1 aromatic rings. The van der Waals surface area contributed by atoms with Crippen LogP contribution in [0.1, 0.15) is 36.3 Å². The molecule has 2 rings (SSSR count). The second-order valence-corrected chi connectivity index (χ2v) is 6.66. The van der Waals surface area contributed by atoms with Gasteiger partial charge >= 0.3 is 4.87 Å². The Kier molecular flexibility index (Phi) is 4.99.